The van der Waals surface area contributed by atoms with Crippen molar-refractivity contribution in [1.29, 1.82) is 0 Å². The van der Waals surface area contributed by atoms with E-state index in [1.165, 1.54) is 16.7 Å². The van der Waals surface area contributed by atoms with Crippen molar-refractivity contribution >= 4 is 29.9 Å². The molecule has 0 saturated heterocycles. The van der Waals surface area contributed by atoms with Gasteiger partial charge >= 0.3 is 0 Å². The number of nitrogens with one attached hydrogen (secondary N) is 1. The lowest BCUT2D eigenvalue weighted by Crippen LogP contribution is -2.44. The number of hydrogen-bond donors (Lipinski definition) is 1. The zero-order valence-electron chi connectivity index (χ0n) is 19.1. The monoisotopic (exact) mass is 538 g/mol. The van der Waals surface area contributed by atoms with Crippen LogP contribution in [0.3, 0.4) is 0 Å². The van der Waals surface area contributed by atoms with Gasteiger partial charge in [-0.2, -0.15) is 0 Å². The first-order valence-electron chi connectivity index (χ1n) is 10.6. The molecule has 0 atom stereocenters. The number of hydrogen-bond acceptors (Lipinski definition) is 4. The van der Waals surface area contributed by atoms with Crippen molar-refractivity contribution in [2.24, 2.45) is 4.99 Å². The Bertz CT molecular complexity index is 859. The van der Waals surface area contributed by atoms with Crippen molar-refractivity contribution in [3.05, 3.63) is 59.2 Å². The molecule has 0 spiro atoms. The molecule has 3 rings (SSSR count). The van der Waals surface area contributed by atoms with Gasteiger partial charge < -0.3 is 19.7 Å². The zero-order valence-corrected chi connectivity index (χ0v) is 21.4. The van der Waals surface area contributed by atoms with E-state index in [9.17, 15) is 0 Å². The van der Waals surface area contributed by atoms with Crippen LogP contribution in [-0.2, 0) is 19.4 Å². The number of halogens is 1. The molecule has 31 heavy (non-hydrogen) atoms. The van der Waals surface area contributed by atoms with Crippen LogP contribution in [0.15, 0.2) is 47.5 Å². The number of aliphatic imine (C=N–C) groups is 1. The minimum Gasteiger partial charge on any atom is -0.493 e. The van der Waals surface area contributed by atoms with Crippen molar-refractivity contribution < 1.29 is 9.47 Å². The Balaban J connectivity index is 0.00000341. The summed E-state index contributed by atoms with van der Waals surface area (Å²) in [5.74, 6) is 2.45. The second-order valence-corrected chi connectivity index (χ2v) is 7.63. The normalized spacial score (nSPS) is 13.7. The minimum atomic E-state index is 0. The second-order valence-electron chi connectivity index (χ2n) is 7.63. The molecule has 0 bridgehead atoms. The lowest BCUT2D eigenvalue weighted by molar-refractivity contribution is 0.257. The lowest BCUT2D eigenvalue weighted by atomic mass is 10.00. The van der Waals surface area contributed by atoms with Crippen molar-refractivity contribution in [1.82, 2.24) is 15.1 Å². The second kappa shape index (κ2) is 12.8. The van der Waals surface area contributed by atoms with Crippen molar-refractivity contribution in [3.63, 3.8) is 0 Å². The maximum atomic E-state index is 5.41. The van der Waals surface area contributed by atoms with Crippen LogP contribution in [0.25, 0.3) is 0 Å². The predicted molar refractivity (Wildman–Crippen MR) is 138 cm³/mol. The van der Waals surface area contributed by atoms with E-state index in [1.54, 1.807) is 14.2 Å². The third kappa shape index (κ3) is 7.00. The first-order valence-corrected chi connectivity index (χ1v) is 10.6. The molecule has 0 saturated carbocycles. The smallest absolute Gasteiger partial charge is 0.193 e. The van der Waals surface area contributed by atoms with Gasteiger partial charge in [0.05, 0.1) is 14.2 Å². The van der Waals surface area contributed by atoms with Gasteiger partial charge in [-0.05, 0) is 41.7 Å². The van der Waals surface area contributed by atoms with Crippen molar-refractivity contribution in [2.75, 3.05) is 54.5 Å². The van der Waals surface area contributed by atoms with Gasteiger partial charge in [0.2, 0.25) is 0 Å². The van der Waals surface area contributed by atoms with Crippen molar-refractivity contribution in [2.45, 2.75) is 19.4 Å². The van der Waals surface area contributed by atoms with E-state index in [1.807, 2.05) is 19.2 Å². The first-order chi connectivity index (χ1) is 14.6. The topological polar surface area (TPSA) is 49.3 Å². The molecular weight excluding hydrogens is 503 g/mol. The Morgan fingerprint density at radius 3 is 2.55 bits per heavy atom. The Labute approximate surface area is 203 Å². The van der Waals surface area contributed by atoms with Crippen LogP contribution in [-0.4, -0.2) is 70.3 Å². The molecule has 0 aromatic heterocycles. The van der Waals surface area contributed by atoms with E-state index in [0.717, 1.165) is 63.0 Å². The summed E-state index contributed by atoms with van der Waals surface area (Å²) in [7, 11) is 7.24. The van der Waals surface area contributed by atoms with Crippen LogP contribution in [0.1, 0.15) is 16.7 Å². The summed E-state index contributed by atoms with van der Waals surface area (Å²) < 4.78 is 10.7. The Hall–Kier alpha value is -2.00. The van der Waals surface area contributed by atoms with Gasteiger partial charge in [0.15, 0.2) is 17.5 Å². The van der Waals surface area contributed by atoms with Crippen LogP contribution in [0.5, 0.6) is 11.5 Å². The number of rotatable bonds is 8. The molecule has 0 unspecified atom stereocenters. The fraction of sp³-hybridized carbons (Fsp3) is 0.458. The summed E-state index contributed by atoms with van der Waals surface area (Å²) in [6.07, 6.45) is 2.04. The molecule has 170 valence electrons. The average molecular weight is 538 g/mol. The highest BCUT2D eigenvalue weighted by Gasteiger charge is 2.15. The molecule has 1 N–H and O–H groups in total. The molecule has 1 heterocycles. The zero-order chi connectivity index (χ0) is 21.3. The van der Waals surface area contributed by atoms with Crippen molar-refractivity contribution in [3.8, 4) is 11.5 Å². The standard InChI is InChI=1S/C24H34N4O2.HI/c1-25-24(26-13-16-28-15-12-20-7-5-6-8-21(20)18-28)27(2)14-11-19-9-10-22(29-3)23(17-19)30-4;/h5-10,17H,11-16,18H2,1-4H3,(H,25,26);1H. The summed E-state index contributed by atoms with van der Waals surface area (Å²) in [5, 5.41) is 3.51. The van der Waals surface area contributed by atoms with E-state index in [4.69, 9.17) is 9.47 Å². The van der Waals surface area contributed by atoms with Crippen LogP contribution in [0.2, 0.25) is 0 Å². The molecule has 1 aliphatic rings. The summed E-state index contributed by atoms with van der Waals surface area (Å²) >= 11 is 0. The van der Waals surface area contributed by atoms with Crippen LogP contribution >= 0.6 is 24.0 Å². The molecule has 7 heteroatoms. The quantitative estimate of drug-likeness (QED) is 0.317. The Morgan fingerprint density at radius 1 is 1.10 bits per heavy atom. The molecule has 0 radical (unpaired) electrons. The van der Waals surface area contributed by atoms with Gasteiger partial charge in [0, 0.05) is 46.8 Å². The summed E-state index contributed by atoms with van der Waals surface area (Å²) in [6, 6.07) is 14.8. The Kier molecular flexibility index (Phi) is 10.4. The number of nitrogens with zero attached hydrogens (tertiary/aromatic N) is 3. The van der Waals surface area contributed by atoms with E-state index in [0.29, 0.717) is 0 Å². The van der Waals surface area contributed by atoms with Crippen LogP contribution in [0.4, 0.5) is 0 Å². The van der Waals surface area contributed by atoms with E-state index in [-0.39, 0.29) is 24.0 Å². The average Bonchev–Trinajstić information content (AvgIpc) is 2.79. The highest BCUT2D eigenvalue weighted by atomic mass is 127. The SMILES string of the molecule is CN=C(NCCN1CCc2ccccc2C1)N(C)CCc1ccc(OC)c(OC)c1.I. The maximum Gasteiger partial charge on any atom is 0.193 e. The van der Waals surface area contributed by atoms with Gasteiger partial charge in [0.1, 0.15) is 0 Å². The number of guanidine groups is 1. The molecule has 6 nitrogen and oxygen atoms in total. The molecule has 1 aliphatic heterocycles. The minimum absolute atomic E-state index is 0. The van der Waals surface area contributed by atoms with E-state index < -0.39 is 0 Å². The number of methoxy groups -OCH3 is 2. The van der Waals surface area contributed by atoms with Gasteiger partial charge in [-0.3, -0.25) is 9.89 Å². The third-order valence-electron chi connectivity index (χ3n) is 5.68. The number of ether oxygens (including phenoxy) is 2. The van der Waals surface area contributed by atoms with E-state index in [2.05, 4.69) is 57.5 Å². The molecule has 0 aliphatic carbocycles. The summed E-state index contributed by atoms with van der Waals surface area (Å²) in [4.78, 5) is 9.12. The highest BCUT2D eigenvalue weighted by molar-refractivity contribution is 14.0. The van der Waals surface area contributed by atoms with E-state index >= 15 is 0 Å². The summed E-state index contributed by atoms with van der Waals surface area (Å²) in [6.45, 7) is 4.91. The molecule has 0 amide bonds. The maximum absolute atomic E-state index is 5.41. The van der Waals surface area contributed by atoms with Gasteiger partial charge in [-0.15, -0.1) is 24.0 Å². The fourth-order valence-corrected chi connectivity index (χ4v) is 3.89. The summed E-state index contributed by atoms with van der Waals surface area (Å²) in [5.41, 5.74) is 4.16. The van der Waals surface area contributed by atoms with Gasteiger partial charge in [0.25, 0.3) is 0 Å². The largest absolute Gasteiger partial charge is 0.493 e. The molecule has 2 aromatic rings. The van der Waals surface area contributed by atoms with Crippen LogP contribution in [0, 0.1) is 0 Å². The number of likely N-dealkylation sites (N-methyl/N-ethyl adjacent to an activating group) is 1. The first kappa shape index (κ1) is 25.3. The predicted octanol–water partition coefficient (Wildman–Crippen LogP) is 3.43. The lowest BCUT2D eigenvalue weighted by Gasteiger charge is -2.29. The van der Waals surface area contributed by atoms with Crippen LogP contribution < -0.4 is 14.8 Å². The molecule has 0 fully saturated rings. The van der Waals surface area contributed by atoms with Gasteiger partial charge in [-0.1, -0.05) is 30.3 Å². The molecular formula is C24H35IN4O2. The third-order valence-corrected chi connectivity index (χ3v) is 5.68. The Morgan fingerprint density at radius 2 is 1.84 bits per heavy atom. The molecule has 2 aromatic carbocycles. The number of fused-ring (bicyclic) bond motifs is 1. The number of benzene rings is 2. The van der Waals surface area contributed by atoms with Gasteiger partial charge in [-0.25, -0.2) is 0 Å². The highest BCUT2D eigenvalue weighted by Crippen LogP contribution is 2.27. The fourth-order valence-electron chi connectivity index (χ4n) is 3.89.